The fourth-order valence-corrected chi connectivity index (χ4v) is 1.20. The molecule has 0 aliphatic carbocycles. The van der Waals surface area contributed by atoms with Crippen molar-refractivity contribution in [2.75, 3.05) is 0 Å². The van der Waals surface area contributed by atoms with E-state index in [1.807, 2.05) is 24.3 Å². The van der Waals surface area contributed by atoms with E-state index in [2.05, 4.69) is 10.1 Å². The van der Waals surface area contributed by atoms with Crippen LogP contribution in [0.4, 0.5) is 0 Å². The summed E-state index contributed by atoms with van der Waals surface area (Å²) in [5, 5.41) is 3.72. The molecule has 0 saturated carbocycles. The van der Waals surface area contributed by atoms with Crippen LogP contribution in [0.25, 0.3) is 11.5 Å². The Morgan fingerprint density at radius 1 is 1.27 bits per heavy atom. The Morgan fingerprint density at radius 3 is 2.40 bits per heavy atom. The third-order valence-corrected chi connectivity index (χ3v) is 1.96. The zero-order valence-electron chi connectivity index (χ0n) is 8.30. The molecule has 0 amide bonds. The van der Waals surface area contributed by atoms with Crippen LogP contribution >= 0.6 is 12.4 Å². The van der Waals surface area contributed by atoms with Gasteiger partial charge in [-0.2, -0.15) is 4.98 Å². The fraction of sp³-hybridized carbons (Fsp3) is 0.200. The molecule has 4 nitrogen and oxygen atoms in total. The molecule has 2 rings (SSSR count). The zero-order chi connectivity index (χ0) is 9.97. The van der Waals surface area contributed by atoms with Gasteiger partial charge in [0.1, 0.15) is 0 Å². The SMILES string of the molecule is Cc1noc(-c2ccc(CN)cc2)n1.Cl. The fourth-order valence-electron chi connectivity index (χ4n) is 1.20. The smallest absolute Gasteiger partial charge is 0.257 e. The predicted molar refractivity (Wildman–Crippen MR) is 59.6 cm³/mol. The molecule has 0 saturated heterocycles. The van der Waals surface area contributed by atoms with Gasteiger partial charge in [-0.25, -0.2) is 0 Å². The van der Waals surface area contributed by atoms with Crippen LogP contribution < -0.4 is 5.73 Å². The second-order valence-corrected chi connectivity index (χ2v) is 3.05. The number of rotatable bonds is 2. The number of aromatic nitrogens is 2. The molecule has 0 atom stereocenters. The van der Waals surface area contributed by atoms with Crippen molar-refractivity contribution in [1.82, 2.24) is 10.1 Å². The maximum atomic E-state index is 5.49. The Balaban J connectivity index is 0.00000112. The van der Waals surface area contributed by atoms with E-state index < -0.39 is 0 Å². The van der Waals surface area contributed by atoms with Gasteiger partial charge in [-0.1, -0.05) is 17.3 Å². The van der Waals surface area contributed by atoms with Crippen molar-refractivity contribution in [3.05, 3.63) is 35.7 Å². The van der Waals surface area contributed by atoms with Crippen LogP contribution in [0.5, 0.6) is 0 Å². The van der Waals surface area contributed by atoms with E-state index in [-0.39, 0.29) is 12.4 Å². The summed E-state index contributed by atoms with van der Waals surface area (Å²) in [7, 11) is 0. The molecule has 2 N–H and O–H groups in total. The second kappa shape index (κ2) is 4.91. The van der Waals surface area contributed by atoms with Crippen LogP contribution in [0.15, 0.2) is 28.8 Å². The van der Waals surface area contributed by atoms with Crippen molar-refractivity contribution in [2.45, 2.75) is 13.5 Å². The highest BCUT2D eigenvalue weighted by Gasteiger charge is 2.04. The molecule has 2 aromatic rings. The molecule has 0 spiro atoms. The summed E-state index contributed by atoms with van der Waals surface area (Å²) >= 11 is 0. The third-order valence-electron chi connectivity index (χ3n) is 1.96. The Bertz CT molecular complexity index is 424. The van der Waals surface area contributed by atoms with Crippen LogP contribution in [0.2, 0.25) is 0 Å². The molecule has 1 aromatic carbocycles. The lowest BCUT2D eigenvalue weighted by atomic mass is 10.1. The highest BCUT2D eigenvalue weighted by atomic mass is 35.5. The first kappa shape index (κ1) is 11.7. The molecular weight excluding hydrogens is 214 g/mol. The quantitative estimate of drug-likeness (QED) is 0.848. The number of hydrogen-bond donors (Lipinski definition) is 1. The average molecular weight is 226 g/mol. The minimum absolute atomic E-state index is 0. The van der Waals surface area contributed by atoms with Gasteiger partial charge in [-0.3, -0.25) is 0 Å². The van der Waals surface area contributed by atoms with Gasteiger partial charge in [0.15, 0.2) is 5.82 Å². The summed E-state index contributed by atoms with van der Waals surface area (Å²) < 4.78 is 5.03. The second-order valence-electron chi connectivity index (χ2n) is 3.05. The Labute approximate surface area is 93.9 Å². The number of nitrogens with zero attached hydrogens (tertiary/aromatic N) is 2. The van der Waals surface area contributed by atoms with Gasteiger partial charge >= 0.3 is 0 Å². The normalized spacial score (nSPS) is 9.73. The van der Waals surface area contributed by atoms with Crippen LogP contribution in [0.1, 0.15) is 11.4 Å². The summed E-state index contributed by atoms with van der Waals surface area (Å²) in [6.07, 6.45) is 0. The number of benzene rings is 1. The molecule has 0 aliphatic heterocycles. The van der Waals surface area contributed by atoms with Crippen molar-refractivity contribution in [1.29, 1.82) is 0 Å². The van der Waals surface area contributed by atoms with E-state index in [4.69, 9.17) is 10.3 Å². The summed E-state index contributed by atoms with van der Waals surface area (Å²) in [5.41, 5.74) is 7.50. The van der Waals surface area contributed by atoms with Crippen molar-refractivity contribution in [3.8, 4) is 11.5 Å². The van der Waals surface area contributed by atoms with E-state index in [0.717, 1.165) is 11.1 Å². The summed E-state index contributed by atoms with van der Waals surface area (Å²) in [6.45, 7) is 2.34. The lowest BCUT2D eigenvalue weighted by Crippen LogP contribution is -1.95. The van der Waals surface area contributed by atoms with Crippen molar-refractivity contribution in [2.24, 2.45) is 5.73 Å². The molecular formula is C10H12ClN3O. The molecule has 0 bridgehead atoms. The molecule has 1 aromatic heterocycles. The van der Waals surface area contributed by atoms with Gasteiger partial charge in [0.05, 0.1) is 0 Å². The molecule has 0 aliphatic rings. The lowest BCUT2D eigenvalue weighted by Gasteiger charge is -1.96. The maximum absolute atomic E-state index is 5.49. The van der Waals surface area contributed by atoms with Crippen molar-refractivity contribution in [3.63, 3.8) is 0 Å². The van der Waals surface area contributed by atoms with Crippen LogP contribution in [-0.2, 0) is 6.54 Å². The first-order valence-electron chi connectivity index (χ1n) is 4.39. The standard InChI is InChI=1S/C10H11N3O.ClH/c1-7-12-10(14-13-7)9-4-2-8(6-11)3-5-9;/h2-5H,6,11H2,1H3;1H. The lowest BCUT2D eigenvalue weighted by molar-refractivity contribution is 0.425. The van der Waals surface area contributed by atoms with Crippen LogP contribution in [-0.4, -0.2) is 10.1 Å². The van der Waals surface area contributed by atoms with Gasteiger partial charge in [0.2, 0.25) is 0 Å². The summed E-state index contributed by atoms with van der Waals surface area (Å²) in [4.78, 5) is 4.13. The first-order valence-corrected chi connectivity index (χ1v) is 4.39. The van der Waals surface area contributed by atoms with Gasteiger partial charge in [0, 0.05) is 12.1 Å². The molecule has 0 unspecified atom stereocenters. The van der Waals surface area contributed by atoms with E-state index in [9.17, 15) is 0 Å². The Morgan fingerprint density at radius 2 is 1.93 bits per heavy atom. The molecule has 15 heavy (non-hydrogen) atoms. The summed E-state index contributed by atoms with van der Waals surface area (Å²) in [5.74, 6) is 1.19. The van der Waals surface area contributed by atoms with Gasteiger partial charge < -0.3 is 10.3 Å². The van der Waals surface area contributed by atoms with Gasteiger partial charge in [0.25, 0.3) is 5.89 Å². The largest absolute Gasteiger partial charge is 0.334 e. The molecule has 80 valence electrons. The Kier molecular flexibility index (Phi) is 3.82. The number of aryl methyl sites for hydroxylation is 1. The van der Waals surface area contributed by atoms with Crippen LogP contribution in [0, 0.1) is 6.92 Å². The van der Waals surface area contributed by atoms with Gasteiger partial charge in [-0.15, -0.1) is 12.4 Å². The van der Waals surface area contributed by atoms with E-state index in [0.29, 0.717) is 18.3 Å². The number of halogens is 1. The summed E-state index contributed by atoms with van der Waals surface area (Å²) in [6, 6.07) is 7.76. The van der Waals surface area contributed by atoms with E-state index >= 15 is 0 Å². The van der Waals surface area contributed by atoms with Gasteiger partial charge in [-0.05, 0) is 24.6 Å². The first-order chi connectivity index (χ1) is 6.79. The predicted octanol–water partition coefficient (Wildman–Crippen LogP) is 1.93. The topological polar surface area (TPSA) is 64.9 Å². The highest BCUT2D eigenvalue weighted by Crippen LogP contribution is 2.17. The van der Waals surface area contributed by atoms with E-state index in [1.165, 1.54) is 0 Å². The van der Waals surface area contributed by atoms with Crippen LogP contribution in [0.3, 0.4) is 0 Å². The zero-order valence-corrected chi connectivity index (χ0v) is 9.12. The molecule has 5 heteroatoms. The number of hydrogen-bond acceptors (Lipinski definition) is 4. The maximum Gasteiger partial charge on any atom is 0.257 e. The Hall–Kier alpha value is -1.39. The van der Waals surface area contributed by atoms with Crippen molar-refractivity contribution >= 4 is 12.4 Å². The average Bonchev–Trinajstić information content (AvgIpc) is 2.65. The van der Waals surface area contributed by atoms with E-state index in [1.54, 1.807) is 6.92 Å². The minimum Gasteiger partial charge on any atom is -0.334 e. The molecule has 1 heterocycles. The molecule has 0 fully saturated rings. The number of nitrogens with two attached hydrogens (primary N) is 1. The van der Waals surface area contributed by atoms with Crippen molar-refractivity contribution < 1.29 is 4.52 Å². The minimum atomic E-state index is 0. The highest BCUT2D eigenvalue weighted by molar-refractivity contribution is 5.85. The molecule has 0 radical (unpaired) electrons. The monoisotopic (exact) mass is 225 g/mol. The third kappa shape index (κ3) is 2.55.